The summed E-state index contributed by atoms with van der Waals surface area (Å²) in [5.74, 6) is 1.30. The van der Waals surface area contributed by atoms with Crippen molar-refractivity contribution >= 4 is 5.91 Å². The van der Waals surface area contributed by atoms with Crippen molar-refractivity contribution in [2.75, 3.05) is 19.7 Å². The zero-order valence-corrected chi connectivity index (χ0v) is 10.2. The second-order valence-electron chi connectivity index (χ2n) is 5.03. The molecule has 0 bridgehead atoms. The van der Waals surface area contributed by atoms with Gasteiger partial charge in [-0.2, -0.15) is 0 Å². The fraction of sp³-hybridized carbons (Fsp3) is 0.500. The molecule has 2 aliphatic heterocycles. The highest BCUT2D eigenvalue weighted by Crippen LogP contribution is 2.36. The summed E-state index contributed by atoms with van der Waals surface area (Å²) in [6.07, 6.45) is 1.09. The topological polar surface area (TPSA) is 49.8 Å². The molecule has 1 unspecified atom stereocenters. The molecule has 4 nitrogen and oxygen atoms in total. The van der Waals surface area contributed by atoms with E-state index in [9.17, 15) is 9.90 Å². The van der Waals surface area contributed by atoms with Crippen molar-refractivity contribution in [2.24, 2.45) is 0 Å². The maximum Gasteiger partial charge on any atom is 0.223 e. The lowest BCUT2D eigenvalue weighted by molar-refractivity contribution is -0.141. The van der Waals surface area contributed by atoms with E-state index in [1.54, 1.807) is 4.90 Å². The lowest BCUT2D eigenvalue weighted by Gasteiger charge is -2.37. The van der Waals surface area contributed by atoms with Gasteiger partial charge in [0, 0.05) is 19.5 Å². The highest BCUT2D eigenvalue weighted by atomic mass is 16.5. The number of fused-ring (bicyclic) bond motifs is 1. The number of likely N-dealkylation sites (tertiary alicyclic amines) is 1. The highest BCUT2D eigenvalue weighted by Gasteiger charge is 2.31. The quantitative estimate of drug-likeness (QED) is 0.852. The maximum absolute atomic E-state index is 12.0. The van der Waals surface area contributed by atoms with E-state index in [0.29, 0.717) is 26.1 Å². The van der Waals surface area contributed by atoms with Crippen LogP contribution in [0.15, 0.2) is 24.3 Å². The van der Waals surface area contributed by atoms with Crippen LogP contribution in [0.3, 0.4) is 0 Å². The number of benzene rings is 1. The van der Waals surface area contributed by atoms with Gasteiger partial charge in [-0.1, -0.05) is 18.2 Å². The monoisotopic (exact) mass is 247 g/mol. The van der Waals surface area contributed by atoms with E-state index < -0.39 is 0 Å². The highest BCUT2D eigenvalue weighted by molar-refractivity contribution is 5.78. The van der Waals surface area contributed by atoms with E-state index >= 15 is 0 Å². The molecular weight excluding hydrogens is 230 g/mol. The van der Waals surface area contributed by atoms with E-state index in [2.05, 4.69) is 0 Å². The molecule has 1 N–H and O–H groups in total. The Morgan fingerprint density at radius 2 is 2.17 bits per heavy atom. The van der Waals surface area contributed by atoms with Crippen LogP contribution in [0.2, 0.25) is 0 Å². The van der Waals surface area contributed by atoms with Crippen LogP contribution in [0.25, 0.3) is 0 Å². The van der Waals surface area contributed by atoms with Gasteiger partial charge in [0.1, 0.15) is 5.75 Å². The predicted octanol–water partition coefficient (Wildman–Crippen LogP) is 1.15. The molecule has 0 aliphatic carbocycles. The van der Waals surface area contributed by atoms with Crippen LogP contribution in [0.5, 0.6) is 5.75 Å². The van der Waals surface area contributed by atoms with Gasteiger partial charge in [0.05, 0.1) is 12.7 Å². The summed E-state index contributed by atoms with van der Waals surface area (Å²) >= 11 is 0. The van der Waals surface area contributed by atoms with Crippen molar-refractivity contribution in [2.45, 2.75) is 24.9 Å². The van der Waals surface area contributed by atoms with Gasteiger partial charge in [0.25, 0.3) is 0 Å². The Labute approximate surface area is 106 Å². The number of rotatable bonds is 2. The van der Waals surface area contributed by atoms with E-state index in [1.165, 1.54) is 0 Å². The summed E-state index contributed by atoms with van der Waals surface area (Å²) in [6, 6.07) is 7.93. The number of ether oxygens (including phenoxy) is 1. The molecule has 1 saturated heterocycles. The number of nitrogens with zero attached hydrogens (tertiary/aromatic N) is 1. The number of para-hydroxylation sites is 1. The molecule has 1 atom stereocenters. The zero-order chi connectivity index (χ0) is 12.5. The molecule has 1 amide bonds. The van der Waals surface area contributed by atoms with Crippen LogP contribution < -0.4 is 4.74 Å². The normalized spacial score (nSPS) is 22.9. The Morgan fingerprint density at radius 3 is 2.94 bits per heavy atom. The van der Waals surface area contributed by atoms with Crippen molar-refractivity contribution in [3.63, 3.8) is 0 Å². The van der Waals surface area contributed by atoms with Gasteiger partial charge in [0.2, 0.25) is 5.91 Å². The minimum absolute atomic E-state index is 0.141. The predicted molar refractivity (Wildman–Crippen MR) is 66.5 cm³/mol. The summed E-state index contributed by atoms with van der Waals surface area (Å²) in [5, 5.41) is 9.22. The van der Waals surface area contributed by atoms with E-state index in [1.807, 2.05) is 24.3 Å². The van der Waals surface area contributed by atoms with Gasteiger partial charge in [0.15, 0.2) is 0 Å². The second-order valence-corrected chi connectivity index (χ2v) is 5.03. The molecule has 0 radical (unpaired) electrons. The molecule has 1 aromatic rings. The number of carbonyl (C=O) groups excluding carboxylic acids is 1. The number of carbonyl (C=O) groups is 1. The van der Waals surface area contributed by atoms with Crippen LogP contribution in [-0.4, -0.2) is 41.7 Å². The largest absolute Gasteiger partial charge is 0.493 e. The number of β-amino-alcohol motifs (C(OH)–C–C–N with tert-alkyl or cyclic N) is 1. The summed E-state index contributed by atoms with van der Waals surface area (Å²) in [6.45, 7) is 1.66. The smallest absolute Gasteiger partial charge is 0.223 e. The van der Waals surface area contributed by atoms with E-state index in [4.69, 9.17) is 4.74 Å². The number of hydrogen-bond acceptors (Lipinski definition) is 3. The standard InChI is InChI=1S/C14H17NO3/c16-11-8-15(9-11)14(17)7-10-5-6-18-13-4-2-1-3-12(10)13/h1-4,10-11,16H,5-9H2. The molecule has 3 rings (SSSR count). The minimum atomic E-state index is -0.323. The van der Waals surface area contributed by atoms with Crippen molar-refractivity contribution in [3.05, 3.63) is 29.8 Å². The van der Waals surface area contributed by atoms with Crippen molar-refractivity contribution in [3.8, 4) is 5.75 Å². The minimum Gasteiger partial charge on any atom is -0.493 e. The molecule has 1 aromatic carbocycles. The number of hydrogen-bond donors (Lipinski definition) is 1. The lowest BCUT2D eigenvalue weighted by Crippen LogP contribution is -2.53. The first-order valence-electron chi connectivity index (χ1n) is 6.41. The average molecular weight is 247 g/mol. The molecule has 1 fully saturated rings. The zero-order valence-electron chi connectivity index (χ0n) is 10.2. The van der Waals surface area contributed by atoms with Crippen LogP contribution in [0.4, 0.5) is 0 Å². The third-order valence-electron chi connectivity index (χ3n) is 3.72. The fourth-order valence-corrected chi connectivity index (χ4v) is 2.63. The van der Waals surface area contributed by atoms with E-state index in [-0.39, 0.29) is 17.9 Å². The molecule has 0 spiro atoms. The third-order valence-corrected chi connectivity index (χ3v) is 3.72. The van der Waals surface area contributed by atoms with Gasteiger partial charge in [-0.3, -0.25) is 4.79 Å². The molecule has 18 heavy (non-hydrogen) atoms. The van der Waals surface area contributed by atoms with Gasteiger partial charge < -0.3 is 14.7 Å². The van der Waals surface area contributed by atoms with Crippen LogP contribution in [0, 0.1) is 0 Å². The molecule has 0 aromatic heterocycles. The van der Waals surface area contributed by atoms with E-state index in [0.717, 1.165) is 17.7 Å². The average Bonchev–Trinajstić information content (AvgIpc) is 2.35. The van der Waals surface area contributed by atoms with Crippen molar-refractivity contribution in [1.82, 2.24) is 4.90 Å². The van der Waals surface area contributed by atoms with Gasteiger partial charge in [-0.05, 0) is 24.0 Å². The molecule has 2 heterocycles. The Hall–Kier alpha value is -1.55. The summed E-state index contributed by atoms with van der Waals surface area (Å²) in [7, 11) is 0. The number of aliphatic hydroxyl groups is 1. The van der Waals surface area contributed by atoms with Crippen LogP contribution in [-0.2, 0) is 4.79 Å². The summed E-state index contributed by atoms with van der Waals surface area (Å²) in [5.41, 5.74) is 1.14. The van der Waals surface area contributed by atoms with Crippen molar-refractivity contribution in [1.29, 1.82) is 0 Å². The SMILES string of the molecule is O=C(CC1CCOc2ccccc21)N1CC(O)C1. The molecule has 4 heteroatoms. The first kappa shape index (κ1) is 11.5. The van der Waals surface area contributed by atoms with Crippen LogP contribution in [0.1, 0.15) is 24.3 Å². The molecule has 0 saturated carbocycles. The van der Waals surface area contributed by atoms with Gasteiger partial charge in [-0.25, -0.2) is 0 Å². The molecular formula is C14H17NO3. The Kier molecular flexibility index (Phi) is 2.96. The Balaban J connectivity index is 1.69. The summed E-state index contributed by atoms with van der Waals surface area (Å²) in [4.78, 5) is 13.7. The number of aliphatic hydroxyl groups excluding tert-OH is 1. The molecule has 96 valence electrons. The van der Waals surface area contributed by atoms with Crippen molar-refractivity contribution < 1.29 is 14.6 Å². The Morgan fingerprint density at radius 1 is 1.39 bits per heavy atom. The number of amides is 1. The first-order valence-corrected chi connectivity index (χ1v) is 6.41. The van der Waals surface area contributed by atoms with Gasteiger partial charge in [-0.15, -0.1) is 0 Å². The van der Waals surface area contributed by atoms with Gasteiger partial charge >= 0.3 is 0 Å². The Bertz CT molecular complexity index is 454. The summed E-state index contributed by atoms with van der Waals surface area (Å²) < 4.78 is 5.59. The molecule has 2 aliphatic rings. The fourth-order valence-electron chi connectivity index (χ4n) is 2.63. The first-order chi connectivity index (χ1) is 8.74. The lowest BCUT2D eigenvalue weighted by atomic mass is 9.89. The third kappa shape index (κ3) is 2.08. The second kappa shape index (κ2) is 4.61. The van der Waals surface area contributed by atoms with Crippen LogP contribution >= 0.6 is 0 Å². The maximum atomic E-state index is 12.0.